The molecule has 2 aliphatic heterocycles. The monoisotopic (exact) mass is 432 g/mol. The number of carbonyl (C=O) groups excluding carboxylic acids is 2. The first-order chi connectivity index (χ1) is 14.7. The summed E-state index contributed by atoms with van der Waals surface area (Å²) in [6, 6.07) is 7.64. The average molecular weight is 433 g/mol. The number of rotatable bonds is 4. The molecule has 1 N–H and O–H groups in total. The molecular formula is C19H24N6O4S. The largest absolute Gasteiger partial charge is 0.497 e. The van der Waals surface area contributed by atoms with E-state index in [4.69, 9.17) is 9.47 Å². The molecule has 0 radical (unpaired) electrons. The number of urea groups is 1. The molecule has 160 valence electrons. The number of carbonyl (C=O) groups is 2. The standard InChI is InChI=1S/C19H24N6O4S/c1-28-15-4-2-14(3-5-15)23-6-8-25(9-7-23)19(27)20-17-16(21-22-30-17)18(26)24-10-12-29-13-11-24/h2-5H,6-13H2,1H3,(H,20,27). The zero-order valence-corrected chi connectivity index (χ0v) is 17.6. The maximum Gasteiger partial charge on any atom is 0.322 e. The Kier molecular flexibility index (Phi) is 6.29. The van der Waals surface area contributed by atoms with Gasteiger partial charge in [0.15, 0.2) is 10.7 Å². The highest BCUT2D eigenvalue weighted by molar-refractivity contribution is 7.10. The molecule has 10 nitrogen and oxygen atoms in total. The first-order valence-corrected chi connectivity index (χ1v) is 10.6. The molecule has 1 aromatic carbocycles. The Bertz CT molecular complexity index is 875. The van der Waals surface area contributed by atoms with Crippen molar-refractivity contribution >= 4 is 34.2 Å². The van der Waals surface area contributed by atoms with E-state index in [1.54, 1.807) is 16.9 Å². The van der Waals surface area contributed by atoms with E-state index < -0.39 is 0 Å². The van der Waals surface area contributed by atoms with Crippen LogP contribution in [-0.4, -0.2) is 90.9 Å². The number of anilines is 2. The second-order valence-corrected chi connectivity index (χ2v) is 7.71. The van der Waals surface area contributed by atoms with Crippen molar-refractivity contribution < 1.29 is 19.1 Å². The van der Waals surface area contributed by atoms with Crippen LogP contribution in [0.3, 0.4) is 0 Å². The van der Waals surface area contributed by atoms with Gasteiger partial charge in [0.1, 0.15) is 5.75 Å². The molecule has 0 unspecified atom stereocenters. The normalized spacial score (nSPS) is 17.0. The van der Waals surface area contributed by atoms with Gasteiger partial charge in [0, 0.05) is 56.5 Å². The van der Waals surface area contributed by atoms with Crippen LogP contribution >= 0.6 is 11.5 Å². The molecule has 3 amide bonds. The maximum absolute atomic E-state index is 12.7. The van der Waals surface area contributed by atoms with E-state index in [1.807, 2.05) is 24.3 Å². The number of aromatic nitrogens is 2. The molecule has 30 heavy (non-hydrogen) atoms. The van der Waals surface area contributed by atoms with Crippen molar-refractivity contribution in [2.75, 3.05) is 69.8 Å². The summed E-state index contributed by atoms with van der Waals surface area (Å²) >= 11 is 1.01. The molecule has 0 spiro atoms. The summed E-state index contributed by atoms with van der Waals surface area (Å²) in [4.78, 5) is 31.0. The Hall–Kier alpha value is -2.92. The Labute approximate surface area is 178 Å². The zero-order valence-electron chi connectivity index (χ0n) is 16.7. The van der Waals surface area contributed by atoms with Crippen LogP contribution in [0, 0.1) is 0 Å². The fourth-order valence-electron chi connectivity index (χ4n) is 3.47. The number of nitrogens with zero attached hydrogens (tertiary/aromatic N) is 5. The molecule has 0 aliphatic carbocycles. The number of nitrogens with one attached hydrogen (secondary N) is 1. The predicted octanol–water partition coefficient (Wildman–Crippen LogP) is 1.37. The van der Waals surface area contributed by atoms with E-state index in [0.29, 0.717) is 44.4 Å². The van der Waals surface area contributed by atoms with Crippen molar-refractivity contribution in [3.63, 3.8) is 0 Å². The first kappa shape index (κ1) is 20.4. The number of hydrogen-bond donors (Lipinski definition) is 1. The topological polar surface area (TPSA) is 100 Å². The molecular weight excluding hydrogens is 408 g/mol. The molecule has 0 saturated carbocycles. The highest BCUT2D eigenvalue weighted by atomic mass is 32.1. The SMILES string of the molecule is COc1ccc(N2CCN(C(=O)Nc3snnc3C(=O)N3CCOCC3)CC2)cc1. The molecule has 0 atom stereocenters. The van der Waals surface area contributed by atoms with Gasteiger partial charge < -0.3 is 24.2 Å². The second kappa shape index (κ2) is 9.26. The summed E-state index contributed by atoms with van der Waals surface area (Å²) in [5, 5.41) is 7.14. The van der Waals surface area contributed by atoms with Gasteiger partial charge >= 0.3 is 6.03 Å². The minimum absolute atomic E-state index is 0.187. The molecule has 1 aromatic heterocycles. The minimum Gasteiger partial charge on any atom is -0.497 e. The van der Waals surface area contributed by atoms with Gasteiger partial charge in [-0.05, 0) is 24.3 Å². The molecule has 0 bridgehead atoms. The molecule has 11 heteroatoms. The van der Waals surface area contributed by atoms with E-state index in [0.717, 1.165) is 36.1 Å². The number of ether oxygens (including phenoxy) is 2. The lowest BCUT2D eigenvalue weighted by molar-refractivity contribution is 0.0299. The fraction of sp³-hybridized carbons (Fsp3) is 0.474. The van der Waals surface area contributed by atoms with Crippen LogP contribution in [0.4, 0.5) is 15.5 Å². The Morgan fingerprint density at radius 1 is 1.03 bits per heavy atom. The van der Waals surface area contributed by atoms with Crippen molar-refractivity contribution in [2.45, 2.75) is 0 Å². The van der Waals surface area contributed by atoms with Gasteiger partial charge in [-0.2, -0.15) is 0 Å². The smallest absolute Gasteiger partial charge is 0.322 e. The third-order valence-corrected chi connectivity index (χ3v) is 5.86. The van der Waals surface area contributed by atoms with E-state index in [2.05, 4.69) is 19.8 Å². The number of amides is 3. The van der Waals surface area contributed by atoms with Crippen LogP contribution < -0.4 is 15.0 Å². The lowest BCUT2D eigenvalue weighted by Crippen LogP contribution is -2.50. The highest BCUT2D eigenvalue weighted by Gasteiger charge is 2.27. The Balaban J connectivity index is 1.33. The van der Waals surface area contributed by atoms with Gasteiger partial charge in [0.25, 0.3) is 5.91 Å². The maximum atomic E-state index is 12.7. The van der Waals surface area contributed by atoms with Gasteiger partial charge in [-0.1, -0.05) is 4.49 Å². The molecule has 3 heterocycles. The first-order valence-electron chi connectivity index (χ1n) is 9.80. The van der Waals surface area contributed by atoms with Crippen molar-refractivity contribution in [1.82, 2.24) is 19.4 Å². The van der Waals surface area contributed by atoms with Crippen LogP contribution in [0.2, 0.25) is 0 Å². The van der Waals surface area contributed by atoms with Crippen molar-refractivity contribution in [2.24, 2.45) is 0 Å². The van der Waals surface area contributed by atoms with Gasteiger partial charge in [-0.3, -0.25) is 10.1 Å². The molecule has 2 aromatic rings. The van der Waals surface area contributed by atoms with E-state index in [-0.39, 0.29) is 17.6 Å². The van der Waals surface area contributed by atoms with Crippen LogP contribution in [0.25, 0.3) is 0 Å². The van der Waals surface area contributed by atoms with Crippen molar-refractivity contribution in [3.05, 3.63) is 30.0 Å². The Morgan fingerprint density at radius 2 is 1.73 bits per heavy atom. The van der Waals surface area contributed by atoms with E-state index in [9.17, 15) is 9.59 Å². The quantitative estimate of drug-likeness (QED) is 0.779. The minimum atomic E-state index is -0.244. The third kappa shape index (κ3) is 4.46. The lowest BCUT2D eigenvalue weighted by Gasteiger charge is -2.36. The fourth-order valence-corrected chi connectivity index (χ4v) is 4.02. The van der Waals surface area contributed by atoms with Crippen LogP contribution in [-0.2, 0) is 4.74 Å². The highest BCUT2D eigenvalue weighted by Crippen LogP contribution is 2.23. The average Bonchev–Trinajstić information content (AvgIpc) is 3.27. The van der Waals surface area contributed by atoms with Gasteiger partial charge in [-0.25, -0.2) is 4.79 Å². The third-order valence-electron chi connectivity index (χ3n) is 5.21. The molecule has 2 aliphatic rings. The van der Waals surface area contributed by atoms with Crippen LogP contribution in [0.1, 0.15) is 10.5 Å². The van der Waals surface area contributed by atoms with Crippen LogP contribution in [0.5, 0.6) is 5.75 Å². The van der Waals surface area contributed by atoms with Gasteiger partial charge in [0.2, 0.25) is 0 Å². The lowest BCUT2D eigenvalue weighted by atomic mass is 10.2. The zero-order chi connectivity index (χ0) is 20.9. The summed E-state index contributed by atoms with van der Waals surface area (Å²) in [5.74, 6) is 0.587. The van der Waals surface area contributed by atoms with Gasteiger partial charge in [-0.15, -0.1) is 5.10 Å². The summed E-state index contributed by atoms with van der Waals surface area (Å²) in [6.45, 7) is 4.63. The molecule has 2 fully saturated rings. The van der Waals surface area contributed by atoms with E-state index >= 15 is 0 Å². The number of morpholine rings is 1. The number of hydrogen-bond acceptors (Lipinski definition) is 8. The summed E-state index contributed by atoms with van der Waals surface area (Å²) in [7, 11) is 1.64. The number of benzene rings is 1. The summed E-state index contributed by atoms with van der Waals surface area (Å²) in [6.07, 6.45) is 0. The van der Waals surface area contributed by atoms with Crippen molar-refractivity contribution in [1.29, 1.82) is 0 Å². The number of piperazine rings is 1. The summed E-state index contributed by atoms with van der Waals surface area (Å²) < 4.78 is 14.3. The van der Waals surface area contributed by atoms with E-state index in [1.165, 1.54) is 0 Å². The predicted molar refractivity (Wildman–Crippen MR) is 112 cm³/mol. The van der Waals surface area contributed by atoms with Crippen molar-refractivity contribution in [3.8, 4) is 5.75 Å². The summed E-state index contributed by atoms with van der Waals surface area (Å²) in [5.41, 5.74) is 1.29. The number of methoxy groups -OCH3 is 1. The van der Waals surface area contributed by atoms with Crippen LogP contribution in [0.15, 0.2) is 24.3 Å². The Morgan fingerprint density at radius 3 is 2.40 bits per heavy atom. The second-order valence-electron chi connectivity index (χ2n) is 6.96. The molecule has 2 saturated heterocycles. The molecule has 4 rings (SSSR count). The van der Waals surface area contributed by atoms with Gasteiger partial charge in [0.05, 0.1) is 20.3 Å².